The molecule has 0 aromatic heterocycles. The van der Waals surface area contributed by atoms with Crippen molar-refractivity contribution < 1.29 is 0 Å². The van der Waals surface area contributed by atoms with Gasteiger partial charge in [0.25, 0.3) is 0 Å². The minimum atomic E-state index is 0.588. The highest BCUT2D eigenvalue weighted by Crippen LogP contribution is 2.29. The summed E-state index contributed by atoms with van der Waals surface area (Å²) in [6.45, 7) is 4.19. The summed E-state index contributed by atoms with van der Waals surface area (Å²) in [6, 6.07) is 26.5. The number of hydrogen-bond acceptors (Lipinski definition) is 2. The van der Waals surface area contributed by atoms with Crippen molar-refractivity contribution in [3.05, 3.63) is 117 Å². The van der Waals surface area contributed by atoms with E-state index in [2.05, 4.69) is 73.9 Å². The lowest BCUT2D eigenvalue weighted by atomic mass is 10.1. The van der Waals surface area contributed by atoms with Crippen molar-refractivity contribution in [3.63, 3.8) is 0 Å². The van der Waals surface area contributed by atoms with E-state index in [0.29, 0.717) is 10.0 Å². The summed E-state index contributed by atoms with van der Waals surface area (Å²) in [5.41, 5.74) is 5.03. The van der Waals surface area contributed by atoms with Crippen molar-refractivity contribution in [2.75, 3.05) is 0 Å². The van der Waals surface area contributed by atoms with E-state index >= 15 is 0 Å². The average Bonchev–Trinajstić information content (AvgIpc) is 2.75. The number of allylic oxidation sites excluding steroid dienone is 1. The van der Waals surface area contributed by atoms with Crippen molar-refractivity contribution in [2.45, 2.75) is 18.7 Å². The van der Waals surface area contributed by atoms with Gasteiger partial charge in [0.2, 0.25) is 0 Å². The van der Waals surface area contributed by atoms with Gasteiger partial charge in [-0.3, -0.25) is 0 Å². The van der Waals surface area contributed by atoms with E-state index in [1.807, 2.05) is 24.3 Å². The molecule has 31 heavy (non-hydrogen) atoms. The van der Waals surface area contributed by atoms with Gasteiger partial charge in [0.1, 0.15) is 0 Å². The number of benzene rings is 4. The summed E-state index contributed by atoms with van der Waals surface area (Å²) in [4.78, 5) is 6.10. The van der Waals surface area contributed by atoms with Gasteiger partial charge in [-0.05, 0) is 83.6 Å². The largest absolute Gasteiger partial charge is 0.248 e. The molecular formula is C27H21Cl2NS. The Morgan fingerprint density at radius 2 is 1.55 bits per heavy atom. The third kappa shape index (κ3) is 5.40. The third-order valence-corrected chi connectivity index (χ3v) is 6.39. The molecule has 0 aliphatic rings. The molecule has 4 rings (SSSR count). The van der Waals surface area contributed by atoms with E-state index in [-0.39, 0.29) is 0 Å². The van der Waals surface area contributed by atoms with Crippen molar-refractivity contribution in [3.8, 4) is 0 Å². The van der Waals surface area contributed by atoms with Gasteiger partial charge >= 0.3 is 0 Å². The van der Waals surface area contributed by atoms with Crippen LogP contribution in [0.1, 0.15) is 16.7 Å². The van der Waals surface area contributed by atoms with Gasteiger partial charge in [-0.1, -0.05) is 77.4 Å². The zero-order valence-electron chi connectivity index (χ0n) is 17.3. The lowest BCUT2D eigenvalue weighted by Gasteiger charge is -2.07. The number of fused-ring (bicyclic) bond motifs is 1. The predicted octanol–water partition coefficient (Wildman–Crippen LogP) is 9.19. The van der Waals surface area contributed by atoms with Gasteiger partial charge in [-0.2, -0.15) is 0 Å². The molecule has 0 aliphatic carbocycles. The van der Waals surface area contributed by atoms with Gasteiger partial charge in [0.15, 0.2) is 0 Å². The molecule has 0 aliphatic heterocycles. The number of nitrogens with zero attached hydrogens (tertiary/aromatic N) is 1. The van der Waals surface area contributed by atoms with Crippen LogP contribution in [0, 0.1) is 13.8 Å². The quantitative estimate of drug-likeness (QED) is 0.213. The Morgan fingerprint density at radius 3 is 2.32 bits per heavy atom. The van der Waals surface area contributed by atoms with Crippen LogP contribution in [0.5, 0.6) is 0 Å². The Bertz CT molecular complexity index is 1280. The monoisotopic (exact) mass is 461 g/mol. The van der Waals surface area contributed by atoms with Crippen LogP contribution in [0.15, 0.2) is 100 Å². The molecular weight excluding hydrogens is 441 g/mol. The van der Waals surface area contributed by atoms with E-state index in [4.69, 9.17) is 28.2 Å². The molecule has 0 radical (unpaired) electrons. The standard InChI is InChI=1S/C27H21Cl2NS/c1-18-10-11-24(14-19(18)2)30-26(21-15-22(28)17-23(29)16-21)12-13-31-27-9-5-7-20-6-3-4-8-25(20)27/h3-17H,1-2H3/b13-12?,30-26+. The van der Waals surface area contributed by atoms with Crippen LogP contribution >= 0.6 is 35.0 Å². The topological polar surface area (TPSA) is 12.4 Å². The zero-order chi connectivity index (χ0) is 21.8. The lowest BCUT2D eigenvalue weighted by molar-refractivity contribution is 1.32. The summed E-state index contributed by atoms with van der Waals surface area (Å²) < 4.78 is 0. The van der Waals surface area contributed by atoms with Crippen molar-refractivity contribution >= 4 is 57.1 Å². The maximum Gasteiger partial charge on any atom is 0.0715 e. The number of halogens is 2. The Kier molecular flexibility index (Phi) is 6.82. The Morgan fingerprint density at radius 1 is 0.806 bits per heavy atom. The fourth-order valence-electron chi connectivity index (χ4n) is 3.30. The molecule has 4 aromatic rings. The molecule has 1 nitrogen and oxygen atoms in total. The molecule has 154 valence electrons. The van der Waals surface area contributed by atoms with Crippen LogP contribution < -0.4 is 0 Å². The van der Waals surface area contributed by atoms with Crippen molar-refractivity contribution in [1.82, 2.24) is 0 Å². The molecule has 0 spiro atoms. The number of aliphatic imine (C=N–C) groups is 1. The second-order valence-corrected chi connectivity index (χ2v) is 9.14. The van der Waals surface area contributed by atoms with Crippen LogP contribution in [0.25, 0.3) is 10.8 Å². The third-order valence-electron chi connectivity index (χ3n) is 5.07. The summed E-state index contributed by atoms with van der Waals surface area (Å²) in [5, 5.41) is 5.71. The molecule has 0 unspecified atom stereocenters. The van der Waals surface area contributed by atoms with E-state index < -0.39 is 0 Å². The summed E-state index contributed by atoms with van der Waals surface area (Å²) in [6.07, 6.45) is 2.02. The molecule has 0 saturated heterocycles. The molecule has 0 N–H and O–H groups in total. The minimum absolute atomic E-state index is 0.588. The number of aryl methyl sites for hydroxylation is 2. The molecule has 0 atom stereocenters. The summed E-state index contributed by atoms with van der Waals surface area (Å²) in [7, 11) is 0. The molecule has 0 fully saturated rings. The number of thioether (sulfide) groups is 1. The van der Waals surface area contributed by atoms with E-state index in [9.17, 15) is 0 Å². The van der Waals surface area contributed by atoms with E-state index in [1.165, 1.54) is 26.8 Å². The first-order valence-electron chi connectivity index (χ1n) is 9.93. The Balaban J connectivity index is 1.71. The van der Waals surface area contributed by atoms with Crippen molar-refractivity contribution in [2.24, 2.45) is 4.99 Å². The van der Waals surface area contributed by atoms with Crippen LogP contribution in [0.3, 0.4) is 0 Å². The first-order valence-corrected chi connectivity index (χ1v) is 11.6. The van der Waals surface area contributed by atoms with E-state index in [0.717, 1.165) is 17.0 Å². The van der Waals surface area contributed by atoms with E-state index in [1.54, 1.807) is 17.8 Å². The fraction of sp³-hybridized carbons (Fsp3) is 0.0741. The zero-order valence-corrected chi connectivity index (χ0v) is 19.6. The SMILES string of the molecule is Cc1ccc(/N=C(\C=CSc2cccc3ccccc23)c2cc(Cl)cc(Cl)c2)cc1C. The summed E-state index contributed by atoms with van der Waals surface area (Å²) >= 11 is 14.2. The fourth-order valence-corrected chi connectivity index (χ4v) is 4.64. The highest BCUT2D eigenvalue weighted by Gasteiger charge is 2.06. The normalized spacial score (nSPS) is 12.1. The average molecular weight is 462 g/mol. The maximum absolute atomic E-state index is 6.27. The summed E-state index contributed by atoms with van der Waals surface area (Å²) in [5.74, 6) is 0. The second-order valence-electron chi connectivity index (χ2n) is 7.32. The van der Waals surface area contributed by atoms with Gasteiger partial charge in [0.05, 0.1) is 11.4 Å². The lowest BCUT2D eigenvalue weighted by Crippen LogP contribution is -1.96. The first kappa shape index (κ1) is 21.7. The van der Waals surface area contributed by atoms with Crippen LogP contribution in [-0.2, 0) is 0 Å². The van der Waals surface area contributed by atoms with Gasteiger partial charge in [0, 0.05) is 20.5 Å². The predicted molar refractivity (Wildman–Crippen MR) is 138 cm³/mol. The first-order chi connectivity index (χ1) is 15.0. The highest BCUT2D eigenvalue weighted by atomic mass is 35.5. The number of rotatable bonds is 5. The molecule has 0 saturated carbocycles. The van der Waals surface area contributed by atoms with Gasteiger partial charge < -0.3 is 0 Å². The van der Waals surface area contributed by atoms with Gasteiger partial charge in [-0.15, -0.1) is 0 Å². The molecule has 4 heteroatoms. The molecule has 4 aromatic carbocycles. The molecule has 0 amide bonds. The number of hydrogen-bond donors (Lipinski definition) is 0. The highest BCUT2D eigenvalue weighted by molar-refractivity contribution is 8.02. The molecule has 0 heterocycles. The molecule has 0 bridgehead atoms. The van der Waals surface area contributed by atoms with Crippen LogP contribution in [0.2, 0.25) is 10.0 Å². The van der Waals surface area contributed by atoms with Crippen LogP contribution in [-0.4, -0.2) is 5.71 Å². The smallest absolute Gasteiger partial charge is 0.0715 e. The second kappa shape index (κ2) is 9.74. The maximum atomic E-state index is 6.27. The Labute approximate surface area is 197 Å². The Hall–Kier alpha value is -2.52. The minimum Gasteiger partial charge on any atom is -0.248 e. The van der Waals surface area contributed by atoms with Crippen LogP contribution in [0.4, 0.5) is 5.69 Å². The van der Waals surface area contributed by atoms with Gasteiger partial charge in [-0.25, -0.2) is 4.99 Å². The van der Waals surface area contributed by atoms with Crippen molar-refractivity contribution in [1.29, 1.82) is 0 Å².